The van der Waals surface area contributed by atoms with Crippen LogP contribution in [0.5, 0.6) is 0 Å². The number of ketones is 1. The van der Waals surface area contributed by atoms with E-state index in [4.69, 9.17) is 9.52 Å². The van der Waals surface area contributed by atoms with Gasteiger partial charge in [-0.05, 0) is 84.2 Å². The van der Waals surface area contributed by atoms with E-state index in [1.165, 1.54) is 18.3 Å². The van der Waals surface area contributed by atoms with Crippen molar-refractivity contribution in [2.45, 2.75) is 33.6 Å². The molecule has 0 saturated heterocycles. The van der Waals surface area contributed by atoms with Gasteiger partial charge in [0.15, 0.2) is 5.78 Å². The Kier molecular flexibility index (Phi) is 13.9. The number of carbonyl (C=O) groups is 3. The van der Waals surface area contributed by atoms with Crippen molar-refractivity contribution in [3.63, 3.8) is 0 Å². The van der Waals surface area contributed by atoms with E-state index < -0.39 is 5.97 Å². The first-order valence-corrected chi connectivity index (χ1v) is 14.5. The normalized spacial score (nSPS) is 10.3. The van der Waals surface area contributed by atoms with E-state index >= 15 is 0 Å². The lowest BCUT2D eigenvalue weighted by atomic mass is 10.1. The molecule has 216 valence electrons. The minimum Gasteiger partial charge on any atom is -0.478 e. The molecule has 0 saturated carbocycles. The third kappa shape index (κ3) is 12.0. The molecule has 0 aromatic carbocycles. The molecule has 14 heteroatoms. The summed E-state index contributed by atoms with van der Waals surface area (Å²) in [5.41, 5.74) is 1.64. The van der Waals surface area contributed by atoms with Gasteiger partial charge < -0.3 is 14.8 Å². The highest BCUT2D eigenvalue weighted by atomic mass is 79.9. The second kappa shape index (κ2) is 16.8. The van der Waals surface area contributed by atoms with Crippen LogP contribution in [0.2, 0.25) is 0 Å². The van der Waals surface area contributed by atoms with E-state index in [1.54, 1.807) is 38.4 Å². The number of carboxylic acids is 1. The van der Waals surface area contributed by atoms with Gasteiger partial charge in [0.25, 0.3) is 0 Å². The third-order valence-electron chi connectivity index (χ3n) is 4.88. The van der Waals surface area contributed by atoms with Crippen molar-refractivity contribution in [2.24, 2.45) is 5.92 Å². The van der Waals surface area contributed by atoms with Gasteiger partial charge in [-0.1, -0.05) is 27.7 Å². The Hall–Kier alpha value is -3.36. The molecule has 0 unspecified atom stereocenters. The lowest BCUT2D eigenvalue weighted by Gasteiger charge is -2.06. The highest BCUT2D eigenvalue weighted by Gasteiger charge is 2.12. The number of nitrogens with zero attached hydrogens (tertiary/aromatic N) is 5. The summed E-state index contributed by atoms with van der Waals surface area (Å²) in [6.07, 6.45) is 4.67. The predicted molar refractivity (Wildman–Crippen MR) is 162 cm³/mol. The average molecular weight is 755 g/mol. The molecule has 2 N–H and O–H groups in total. The number of nitrogens with one attached hydrogen (secondary N) is 1. The Morgan fingerprint density at radius 1 is 0.829 bits per heavy atom. The van der Waals surface area contributed by atoms with Crippen LogP contribution in [0.1, 0.15) is 60.2 Å². The first-order valence-electron chi connectivity index (χ1n) is 12.1. The molecule has 1 amide bonds. The topological polar surface area (TPSA) is 161 Å². The number of aromatic carboxylic acids is 1. The zero-order valence-corrected chi connectivity index (χ0v) is 27.3. The van der Waals surface area contributed by atoms with Crippen LogP contribution in [0.15, 0.2) is 73.2 Å². The number of hydrogen-bond acceptors (Lipinski definition) is 9. The standard InChI is InChI=1S/C11H13BrN2O2.C10H10BrN3O.C6H4BrNO2/c1-7(2)11(16)14-6-9(15)8-3-4-13-10(12)5-8;1-6(2)9-13-14-10(15-9)7-3-4-12-8(11)5-7;7-5-3-4(6(9)10)1-2-8-5/h3-5,7H,6H2,1-2H3,(H,14,16);3-6H,1-2H3;1-3H,(H,9,10). The van der Waals surface area contributed by atoms with Crippen molar-refractivity contribution in [1.82, 2.24) is 30.5 Å². The van der Waals surface area contributed by atoms with Crippen LogP contribution in [-0.4, -0.2) is 54.5 Å². The van der Waals surface area contributed by atoms with E-state index in [0.29, 0.717) is 26.6 Å². The van der Waals surface area contributed by atoms with Gasteiger partial charge in [-0.2, -0.15) is 0 Å². The van der Waals surface area contributed by atoms with Crippen molar-refractivity contribution >= 4 is 65.4 Å². The van der Waals surface area contributed by atoms with E-state index in [2.05, 4.69) is 78.3 Å². The van der Waals surface area contributed by atoms with Crippen LogP contribution in [0.25, 0.3) is 11.5 Å². The molecule has 41 heavy (non-hydrogen) atoms. The van der Waals surface area contributed by atoms with Crippen LogP contribution in [0, 0.1) is 5.92 Å². The van der Waals surface area contributed by atoms with Gasteiger partial charge >= 0.3 is 5.97 Å². The summed E-state index contributed by atoms with van der Waals surface area (Å²) in [6.45, 7) is 7.61. The zero-order chi connectivity index (χ0) is 30.5. The van der Waals surface area contributed by atoms with Crippen molar-refractivity contribution in [1.29, 1.82) is 0 Å². The van der Waals surface area contributed by atoms with Crippen LogP contribution in [0.4, 0.5) is 0 Å². The smallest absolute Gasteiger partial charge is 0.335 e. The SMILES string of the molecule is CC(C)C(=O)NCC(=O)c1ccnc(Br)c1.CC(C)c1nnc(-c2ccnc(Br)c2)o1.O=C(O)c1ccnc(Br)c1. The molecule has 4 aromatic rings. The first kappa shape index (κ1) is 33.8. The third-order valence-corrected chi connectivity index (χ3v) is 6.18. The summed E-state index contributed by atoms with van der Waals surface area (Å²) in [4.78, 5) is 45.0. The molecular weight excluding hydrogens is 728 g/mol. The minimum absolute atomic E-state index is 0.0213. The number of carboxylic acid groups (broad SMARTS) is 1. The fourth-order valence-electron chi connectivity index (χ4n) is 2.71. The van der Waals surface area contributed by atoms with E-state index in [0.717, 1.165) is 10.2 Å². The maximum Gasteiger partial charge on any atom is 0.335 e. The van der Waals surface area contributed by atoms with Crippen LogP contribution >= 0.6 is 47.8 Å². The molecule has 11 nitrogen and oxygen atoms in total. The molecule has 4 heterocycles. The molecular formula is C27H27Br3N6O5. The van der Waals surface area contributed by atoms with Gasteiger partial charge in [0.1, 0.15) is 13.8 Å². The number of aromatic nitrogens is 5. The molecule has 0 fully saturated rings. The number of pyridine rings is 3. The Morgan fingerprint density at radius 2 is 1.37 bits per heavy atom. The molecule has 4 aromatic heterocycles. The number of hydrogen-bond donors (Lipinski definition) is 2. The summed E-state index contributed by atoms with van der Waals surface area (Å²) in [5, 5.41) is 19.0. The van der Waals surface area contributed by atoms with Crippen molar-refractivity contribution in [3.8, 4) is 11.5 Å². The average Bonchev–Trinajstić information content (AvgIpc) is 3.43. The van der Waals surface area contributed by atoms with Gasteiger partial charge in [0.05, 0.1) is 12.1 Å². The summed E-state index contributed by atoms with van der Waals surface area (Å²) in [5.74, 6) is 0.120. The molecule has 0 atom stereocenters. The lowest BCUT2D eigenvalue weighted by molar-refractivity contribution is -0.123. The van der Waals surface area contributed by atoms with Crippen LogP contribution in [0.3, 0.4) is 0 Å². The molecule has 0 aliphatic rings. The minimum atomic E-state index is -0.942. The number of Topliss-reactive ketones (excluding diaryl/α,β-unsaturated/α-hetero) is 1. The Labute approximate surface area is 262 Å². The van der Waals surface area contributed by atoms with Crippen molar-refractivity contribution < 1.29 is 23.9 Å². The largest absolute Gasteiger partial charge is 0.478 e. The van der Waals surface area contributed by atoms with Gasteiger partial charge in [-0.25, -0.2) is 19.7 Å². The highest BCUT2D eigenvalue weighted by Crippen LogP contribution is 2.22. The summed E-state index contributed by atoms with van der Waals surface area (Å²) < 4.78 is 7.41. The molecule has 0 aliphatic heterocycles. The Balaban J connectivity index is 0.000000221. The fraction of sp³-hybridized carbons (Fsp3) is 0.259. The molecule has 0 aliphatic carbocycles. The molecule has 0 radical (unpaired) electrons. The highest BCUT2D eigenvalue weighted by molar-refractivity contribution is 9.11. The van der Waals surface area contributed by atoms with Gasteiger partial charge in [-0.15, -0.1) is 10.2 Å². The predicted octanol–water partition coefficient (Wildman–Crippen LogP) is 6.36. The maximum absolute atomic E-state index is 11.7. The van der Waals surface area contributed by atoms with Crippen LogP contribution in [-0.2, 0) is 4.79 Å². The van der Waals surface area contributed by atoms with Crippen LogP contribution < -0.4 is 5.32 Å². The van der Waals surface area contributed by atoms with Gasteiger partial charge in [-0.3, -0.25) is 9.59 Å². The van der Waals surface area contributed by atoms with E-state index in [1.807, 2.05) is 26.0 Å². The summed E-state index contributed by atoms with van der Waals surface area (Å²) >= 11 is 9.53. The van der Waals surface area contributed by atoms with E-state index in [-0.39, 0.29) is 35.6 Å². The zero-order valence-electron chi connectivity index (χ0n) is 22.5. The van der Waals surface area contributed by atoms with Crippen molar-refractivity contribution in [3.05, 3.63) is 85.8 Å². The second-order valence-corrected chi connectivity index (χ2v) is 11.2. The fourth-order valence-corrected chi connectivity index (χ4v) is 3.80. The summed E-state index contributed by atoms with van der Waals surface area (Å²) in [6, 6.07) is 9.81. The summed E-state index contributed by atoms with van der Waals surface area (Å²) in [7, 11) is 0. The Morgan fingerprint density at radius 3 is 1.83 bits per heavy atom. The quantitative estimate of drug-likeness (QED) is 0.161. The molecule has 0 spiro atoms. The van der Waals surface area contributed by atoms with Gasteiger partial charge in [0, 0.05) is 41.6 Å². The maximum atomic E-state index is 11.7. The number of amides is 1. The number of carbonyl (C=O) groups excluding carboxylic acids is 2. The van der Waals surface area contributed by atoms with E-state index in [9.17, 15) is 14.4 Å². The first-order chi connectivity index (χ1) is 19.4. The second-order valence-electron chi connectivity index (χ2n) is 8.80. The van der Waals surface area contributed by atoms with Crippen molar-refractivity contribution in [2.75, 3.05) is 6.54 Å². The number of halogens is 3. The molecule has 0 bridgehead atoms. The number of rotatable bonds is 7. The lowest BCUT2D eigenvalue weighted by Crippen LogP contribution is -2.32. The van der Waals surface area contributed by atoms with Gasteiger partial charge in [0.2, 0.25) is 17.7 Å². The monoisotopic (exact) mass is 752 g/mol. The molecule has 4 rings (SSSR count). The Bertz CT molecular complexity index is 1480.